The maximum Gasteiger partial charge on any atom is 0.243 e. The summed E-state index contributed by atoms with van der Waals surface area (Å²) in [6, 6.07) is 24.7. The van der Waals surface area contributed by atoms with Crippen molar-refractivity contribution in [2.75, 3.05) is 13.7 Å². The molecule has 0 saturated carbocycles. The first-order valence-electron chi connectivity index (χ1n) is 11.4. The lowest BCUT2D eigenvalue weighted by Crippen LogP contribution is -2.33. The van der Waals surface area contributed by atoms with E-state index < -0.39 is 5.25 Å². The number of hydrogen-bond acceptors (Lipinski definition) is 6. The standard InChI is InChI=1S/C27H23ClN4O3S/c1-35-20-13-11-19(12-14-20)32-25(21-9-5-6-10-22(21)28)29-30-27(32)36-23-17-24(33)31(26(23)34)16-15-18-7-3-2-4-8-18/h2-14,23H,15-17H2,1H3. The molecular formula is C27H23ClN4O3S. The van der Waals surface area contributed by atoms with Gasteiger partial charge in [-0.25, -0.2) is 0 Å². The maximum atomic E-state index is 13.2. The number of thioether (sulfide) groups is 1. The molecule has 4 aromatic rings. The molecule has 2 heterocycles. The Morgan fingerprint density at radius 1 is 0.972 bits per heavy atom. The lowest BCUT2D eigenvalue weighted by molar-refractivity contribution is -0.138. The Kier molecular flexibility index (Phi) is 7.06. The quantitative estimate of drug-likeness (QED) is 0.303. The fourth-order valence-electron chi connectivity index (χ4n) is 4.12. The number of likely N-dealkylation sites (tertiary alicyclic amines) is 1. The third kappa shape index (κ3) is 4.87. The Bertz CT molecular complexity index is 1390. The van der Waals surface area contributed by atoms with Gasteiger partial charge in [-0.15, -0.1) is 10.2 Å². The molecule has 1 atom stereocenters. The van der Waals surface area contributed by atoms with Crippen molar-refractivity contribution in [2.24, 2.45) is 0 Å². The van der Waals surface area contributed by atoms with E-state index in [1.807, 2.05) is 77.4 Å². The summed E-state index contributed by atoms with van der Waals surface area (Å²) < 4.78 is 7.15. The highest BCUT2D eigenvalue weighted by atomic mass is 35.5. The van der Waals surface area contributed by atoms with Gasteiger partial charge in [0.1, 0.15) is 11.0 Å². The Labute approximate surface area is 218 Å². The van der Waals surface area contributed by atoms with E-state index in [0.717, 1.165) is 11.3 Å². The van der Waals surface area contributed by atoms with Crippen molar-refractivity contribution in [1.29, 1.82) is 0 Å². The first-order chi connectivity index (χ1) is 17.5. The van der Waals surface area contributed by atoms with Crippen LogP contribution in [0.5, 0.6) is 5.75 Å². The minimum atomic E-state index is -0.575. The monoisotopic (exact) mass is 518 g/mol. The van der Waals surface area contributed by atoms with Gasteiger partial charge in [-0.1, -0.05) is 65.8 Å². The van der Waals surface area contributed by atoms with Gasteiger partial charge in [0.25, 0.3) is 0 Å². The number of halogens is 1. The number of benzene rings is 3. The predicted molar refractivity (Wildman–Crippen MR) is 139 cm³/mol. The SMILES string of the molecule is COc1ccc(-n2c(SC3CC(=O)N(CCc4ccccc4)C3=O)nnc2-c2ccccc2Cl)cc1. The number of imide groups is 1. The Balaban J connectivity index is 1.43. The van der Waals surface area contributed by atoms with E-state index in [0.29, 0.717) is 40.3 Å². The van der Waals surface area contributed by atoms with Crippen molar-refractivity contribution in [1.82, 2.24) is 19.7 Å². The molecule has 36 heavy (non-hydrogen) atoms. The van der Waals surface area contributed by atoms with Crippen molar-refractivity contribution in [3.8, 4) is 22.8 Å². The molecule has 7 nitrogen and oxygen atoms in total. The van der Waals surface area contributed by atoms with Crippen LogP contribution in [-0.4, -0.2) is 50.4 Å². The fourth-order valence-corrected chi connectivity index (χ4v) is 5.43. The largest absolute Gasteiger partial charge is 0.497 e. The van der Waals surface area contributed by atoms with Crippen LogP contribution in [0.15, 0.2) is 84.0 Å². The number of methoxy groups -OCH3 is 1. The van der Waals surface area contributed by atoms with Gasteiger partial charge in [0.05, 0.1) is 12.1 Å². The topological polar surface area (TPSA) is 77.3 Å². The number of carbonyl (C=O) groups excluding carboxylic acids is 2. The van der Waals surface area contributed by atoms with E-state index >= 15 is 0 Å². The first-order valence-corrected chi connectivity index (χ1v) is 12.7. The van der Waals surface area contributed by atoms with E-state index in [-0.39, 0.29) is 18.2 Å². The van der Waals surface area contributed by atoms with Gasteiger partial charge in [0.2, 0.25) is 11.8 Å². The number of carbonyl (C=O) groups is 2. The lowest BCUT2D eigenvalue weighted by Gasteiger charge is -2.15. The molecule has 0 spiro atoms. The summed E-state index contributed by atoms with van der Waals surface area (Å²) in [5, 5.41) is 9.28. The summed E-state index contributed by atoms with van der Waals surface area (Å²) in [5.41, 5.74) is 2.58. The molecule has 0 N–H and O–H groups in total. The number of aromatic nitrogens is 3. The second-order valence-corrected chi connectivity index (χ2v) is 9.83. The van der Waals surface area contributed by atoms with Crippen LogP contribution in [0.3, 0.4) is 0 Å². The molecule has 5 rings (SSSR count). The highest BCUT2D eigenvalue weighted by molar-refractivity contribution is 8.00. The van der Waals surface area contributed by atoms with Crippen molar-refractivity contribution in [3.63, 3.8) is 0 Å². The highest BCUT2D eigenvalue weighted by Crippen LogP contribution is 2.36. The van der Waals surface area contributed by atoms with Gasteiger partial charge in [-0.05, 0) is 48.4 Å². The second-order valence-electron chi connectivity index (χ2n) is 8.25. The minimum Gasteiger partial charge on any atom is -0.497 e. The third-order valence-electron chi connectivity index (χ3n) is 6.00. The van der Waals surface area contributed by atoms with Gasteiger partial charge < -0.3 is 4.74 Å². The zero-order valence-corrected chi connectivity index (χ0v) is 21.1. The summed E-state index contributed by atoms with van der Waals surface area (Å²) in [4.78, 5) is 27.3. The fraction of sp³-hybridized carbons (Fsp3) is 0.185. The predicted octanol–water partition coefficient (Wildman–Crippen LogP) is 5.06. The third-order valence-corrected chi connectivity index (χ3v) is 7.45. The van der Waals surface area contributed by atoms with Crippen molar-refractivity contribution < 1.29 is 14.3 Å². The van der Waals surface area contributed by atoms with Crippen molar-refractivity contribution in [3.05, 3.63) is 89.4 Å². The molecule has 3 aromatic carbocycles. The smallest absolute Gasteiger partial charge is 0.243 e. The number of hydrogen-bond donors (Lipinski definition) is 0. The summed E-state index contributed by atoms with van der Waals surface area (Å²) in [6.45, 7) is 0.356. The zero-order chi connectivity index (χ0) is 25.1. The van der Waals surface area contributed by atoms with E-state index in [9.17, 15) is 9.59 Å². The second kappa shape index (κ2) is 10.6. The molecule has 182 valence electrons. The first kappa shape index (κ1) is 24.1. The number of nitrogens with zero attached hydrogens (tertiary/aromatic N) is 4. The Hall–Kier alpha value is -3.62. The van der Waals surface area contributed by atoms with Crippen LogP contribution in [0.2, 0.25) is 5.02 Å². The van der Waals surface area contributed by atoms with E-state index in [1.165, 1.54) is 16.7 Å². The molecule has 1 aliphatic heterocycles. The van der Waals surface area contributed by atoms with Gasteiger partial charge in [0.15, 0.2) is 11.0 Å². The normalized spacial score (nSPS) is 15.5. The summed E-state index contributed by atoms with van der Waals surface area (Å²) >= 11 is 7.72. The molecule has 0 aliphatic carbocycles. The number of rotatable bonds is 8. The van der Waals surface area contributed by atoms with E-state index in [2.05, 4.69) is 10.2 Å². The van der Waals surface area contributed by atoms with Crippen LogP contribution in [0.4, 0.5) is 0 Å². The molecule has 1 aromatic heterocycles. The molecule has 1 saturated heterocycles. The minimum absolute atomic E-state index is 0.120. The molecule has 2 amide bonds. The Morgan fingerprint density at radius 2 is 1.69 bits per heavy atom. The lowest BCUT2D eigenvalue weighted by atomic mass is 10.1. The van der Waals surface area contributed by atoms with Crippen LogP contribution in [0.1, 0.15) is 12.0 Å². The molecule has 0 bridgehead atoms. The molecule has 1 fully saturated rings. The van der Waals surface area contributed by atoms with E-state index in [1.54, 1.807) is 13.2 Å². The van der Waals surface area contributed by atoms with Crippen LogP contribution >= 0.6 is 23.4 Å². The average molecular weight is 519 g/mol. The summed E-state index contributed by atoms with van der Waals surface area (Å²) in [5.74, 6) is 0.886. The number of amides is 2. The van der Waals surface area contributed by atoms with Crippen molar-refractivity contribution in [2.45, 2.75) is 23.2 Å². The van der Waals surface area contributed by atoms with Gasteiger partial charge in [0, 0.05) is 24.2 Å². The van der Waals surface area contributed by atoms with Gasteiger partial charge in [-0.3, -0.25) is 19.1 Å². The van der Waals surface area contributed by atoms with Crippen LogP contribution in [0.25, 0.3) is 17.1 Å². The average Bonchev–Trinajstić information content (AvgIpc) is 3.43. The van der Waals surface area contributed by atoms with Crippen LogP contribution in [-0.2, 0) is 16.0 Å². The molecule has 9 heteroatoms. The highest BCUT2D eigenvalue weighted by Gasteiger charge is 2.40. The van der Waals surface area contributed by atoms with Crippen LogP contribution < -0.4 is 4.74 Å². The zero-order valence-electron chi connectivity index (χ0n) is 19.5. The molecule has 1 aliphatic rings. The number of ether oxygens (including phenoxy) is 1. The van der Waals surface area contributed by atoms with Gasteiger partial charge in [-0.2, -0.15) is 0 Å². The van der Waals surface area contributed by atoms with Crippen molar-refractivity contribution >= 4 is 35.2 Å². The van der Waals surface area contributed by atoms with Crippen LogP contribution in [0, 0.1) is 0 Å². The maximum absolute atomic E-state index is 13.2. The molecule has 1 unspecified atom stereocenters. The molecule has 0 radical (unpaired) electrons. The summed E-state index contributed by atoms with van der Waals surface area (Å²) in [6.07, 6.45) is 0.740. The van der Waals surface area contributed by atoms with E-state index in [4.69, 9.17) is 16.3 Å². The molecular weight excluding hydrogens is 496 g/mol. The van der Waals surface area contributed by atoms with Gasteiger partial charge >= 0.3 is 0 Å². The summed E-state index contributed by atoms with van der Waals surface area (Å²) in [7, 11) is 1.61. The Morgan fingerprint density at radius 3 is 2.42 bits per heavy atom.